The minimum Gasteiger partial charge on any atom is -0.480 e. The molecule has 0 radical (unpaired) electrons. The molecule has 0 fully saturated rings. The normalized spacial score (nSPS) is 14.6. The first-order valence-corrected chi connectivity index (χ1v) is 16.4. The molecule has 4 N–H and O–H groups in total. The number of ether oxygens (including phenoxy) is 2. The summed E-state index contributed by atoms with van der Waals surface area (Å²) >= 11 is 0. The molecule has 11 nitrogen and oxygen atoms in total. The lowest BCUT2D eigenvalue weighted by Gasteiger charge is -2.20. The van der Waals surface area contributed by atoms with Crippen LogP contribution in [-0.2, 0) is 37.5 Å². The average Bonchev–Trinajstić information content (AvgIpc) is 2.93. The zero-order valence-corrected chi connectivity index (χ0v) is 25.8. The number of allylic oxidation sites excluding steroid dienone is 4. The number of unbranched alkanes of at least 4 members (excludes halogenated alkanes) is 9. The first kappa shape index (κ1) is 39.0. The van der Waals surface area contributed by atoms with Gasteiger partial charge in [0.15, 0.2) is 6.10 Å². The van der Waals surface area contributed by atoms with Crippen molar-refractivity contribution in [1.29, 1.82) is 0 Å². The van der Waals surface area contributed by atoms with Crippen molar-refractivity contribution in [3.63, 3.8) is 0 Å². The first-order chi connectivity index (χ1) is 19.6. The highest BCUT2D eigenvalue weighted by atomic mass is 31.2. The fourth-order valence-electron chi connectivity index (χ4n) is 3.54. The molecule has 0 spiro atoms. The number of aliphatic carboxylic acids is 1. The number of carboxylic acid groups (broad SMARTS) is 1. The number of carboxylic acids is 1. The lowest BCUT2D eigenvalue weighted by Crippen LogP contribution is -2.34. The SMILES string of the molecule is CCCCCC/C=C\C/C=C\CCCCCCCC(=O)OC(COC(=O)CCC)COP(=O)(O)OCC(N)C(=O)O. The molecule has 0 aromatic rings. The number of hydrogen-bond donors (Lipinski definition) is 3. The third-order valence-corrected chi connectivity index (χ3v) is 6.87. The highest BCUT2D eigenvalue weighted by Crippen LogP contribution is 2.43. The minimum atomic E-state index is -4.68. The Balaban J connectivity index is 4.25. The number of phosphoric acid groups is 1. The van der Waals surface area contributed by atoms with Gasteiger partial charge in [0.25, 0.3) is 0 Å². The summed E-state index contributed by atoms with van der Waals surface area (Å²) in [4.78, 5) is 44.5. The standard InChI is InChI=1S/C29H52NO10P/c1-3-5-6-7-8-9-10-11-12-13-14-15-16-17-18-19-21-28(32)40-25(22-37-27(31)20-4-2)23-38-41(35,36)39-24-26(30)29(33)34/h9-10,12-13,25-26H,3-8,11,14-24,30H2,1-2H3,(H,33,34)(H,35,36)/b10-9-,13-12-. The third kappa shape index (κ3) is 25.4. The summed E-state index contributed by atoms with van der Waals surface area (Å²) in [6.45, 7) is 2.31. The van der Waals surface area contributed by atoms with Gasteiger partial charge < -0.3 is 25.2 Å². The summed E-state index contributed by atoms with van der Waals surface area (Å²) in [5.41, 5.74) is 5.24. The van der Waals surface area contributed by atoms with Crippen LogP contribution in [0.15, 0.2) is 24.3 Å². The zero-order valence-electron chi connectivity index (χ0n) is 24.9. The van der Waals surface area contributed by atoms with E-state index >= 15 is 0 Å². The minimum absolute atomic E-state index is 0.144. The van der Waals surface area contributed by atoms with E-state index in [4.69, 9.17) is 24.8 Å². The van der Waals surface area contributed by atoms with Gasteiger partial charge in [-0.1, -0.05) is 76.7 Å². The maximum atomic E-state index is 12.3. The second-order valence-electron chi connectivity index (χ2n) is 9.88. The molecule has 0 aromatic carbocycles. The van der Waals surface area contributed by atoms with Crippen LogP contribution < -0.4 is 5.73 Å². The van der Waals surface area contributed by atoms with Crippen molar-refractivity contribution >= 4 is 25.7 Å². The maximum absolute atomic E-state index is 12.3. The number of carbonyl (C=O) groups excluding carboxylic acids is 2. The lowest BCUT2D eigenvalue weighted by molar-refractivity contribution is -0.161. The summed E-state index contributed by atoms with van der Waals surface area (Å²) in [5.74, 6) is -2.47. The third-order valence-electron chi connectivity index (χ3n) is 5.92. The number of esters is 2. The van der Waals surface area contributed by atoms with E-state index in [1.54, 1.807) is 6.92 Å². The molecule has 0 aliphatic carbocycles. The van der Waals surface area contributed by atoms with E-state index in [1.165, 1.54) is 25.7 Å². The number of nitrogens with two attached hydrogens (primary N) is 1. The molecule has 0 aromatic heterocycles. The van der Waals surface area contributed by atoms with E-state index in [0.29, 0.717) is 12.8 Å². The largest absolute Gasteiger partial charge is 0.480 e. The van der Waals surface area contributed by atoms with Crippen molar-refractivity contribution in [2.45, 2.75) is 122 Å². The van der Waals surface area contributed by atoms with Gasteiger partial charge in [-0.2, -0.15) is 0 Å². The predicted molar refractivity (Wildman–Crippen MR) is 157 cm³/mol. The van der Waals surface area contributed by atoms with Crippen LogP contribution in [0.4, 0.5) is 0 Å². The number of rotatable bonds is 27. The molecule has 3 unspecified atom stereocenters. The molecule has 41 heavy (non-hydrogen) atoms. The Morgan fingerprint density at radius 2 is 1.34 bits per heavy atom. The smallest absolute Gasteiger partial charge is 0.472 e. The van der Waals surface area contributed by atoms with Gasteiger partial charge in [-0.25, -0.2) is 4.57 Å². The summed E-state index contributed by atoms with van der Waals surface area (Å²) < 4.78 is 31.8. The quantitative estimate of drug-likeness (QED) is 0.0434. The van der Waals surface area contributed by atoms with Gasteiger partial charge in [0.1, 0.15) is 12.6 Å². The van der Waals surface area contributed by atoms with Gasteiger partial charge >= 0.3 is 25.7 Å². The first-order valence-electron chi connectivity index (χ1n) is 14.9. The van der Waals surface area contributed by atoms with Gasteiger partial charge in [0.05, 0.1) is 13.2 Å². The number of carbonyl (C=O) groups is 3. The van der Waals surface area contributed by atoms with Gasteiger partial charge in [-0.05, 0) is 44.9 Å². The van der Waals surface area contributed by atoms with E-state index in [-0.39, 0.29) is 19.4 Å². The lowest BCUT2D eigenvalue weighted by atomic mass is 10.1. The van der Waals surface area contributed by atoms with Crippen LogP contribution in [0.3, 0.4) is 0 Å². The topological polar surface area (TPSA) is 172 Å². The fourth-order valence-corrected chi connectivity index (χ4v) is 4.32. The molecule has 0 aliphatic rings. The second kappa shape index (κ2) is 25.7. The Labute approximate surface area is 245 Å². The van der Waals surface area contributed by atoms with Crippen molar-refractivity contribution in [2.24, 2.45) is 5.73 Å². The summed E-state index contributed by atoms with van der Waals surface area (Å²) in [5, 5.41) is 8.74. The van der Waals surface area contributed by atoms with Crippen LogP contribution in [-0.4, -0.2) is 59.9 Å². The summed E-state index contributed by atoms with van der Waals surface area (Å²) in [6, 6.07) is -1.52. The van der Waals surface area contributed by atoms with Crippen molar-refractivity contribution in [3.05, 3.63) is 24.3 Å². The van der Waals surface area contributed by atoms with Crippen molar-refractivity contribution in [3.8, 4) is 0 Å². The molecule has 0 saturated heterocycles. The molecule has 0 saturated carbocycles. The van der Waals surface area contributed by atoms with Crippen molar-refractivity contribution in [1.82, 2.24) is 0 Å². The average molecular weight is 606 g/mol. The van der Waals surface area contributed by atoms with Crippen LogP contribution in [0.25, 0.3) is 0 Å². The van der Waals surface area contributed by atoms with Gasteiger partial charge in [0, 0.05) is 12.8 Å². The molecular weight excluding hydrogens is 553 g/mol. The van der Waals surface area contributed by atoms with E-state index in [2.05, 4.69) is 35.8 Å². The van der Waals surface area contributed by atoms with Crippen molar-refractivity contribution in [2.75, 3.05) is 19.8 Å². The molecule has 0 bridgehead atoms. The van der Waals surface area contributed by atoms with Gasteiger partial charge in [-0.15, -0.1) is 0 Å². The summed E-state index contributed by atoms with van der Waals surface area (Å²) in [6.07, 6.45) is 21.6. The Kier molecular flexibility index (Phi) is 24.4. The maximum Gasteiger partial charge on any atom is 0.472 e. The molecule has 3 atom stereocenters. The molecular formula is C29H52NO10P. The van der Waals surface area contributed by atoms with Crippen LogP contribution in [0.5, 0.6) is 0 Å². The van der Waals surface area contributed by atoms with E-state index < -0.39 is 51.1 Å². The Morgan fingerprint density at radius 1 is 0.756 bits per heavy atom. The van der Waals surface area contributed by atoms with Crippen LogP contribution in [0.1, 0.15) is 110 Å². The highest BCUT2D eigenvalue weighted by molar-refractivity contribution is 7.47. The molecule has 0 amide bonds. The van der Waals surface area contributed by atoms with E-state index in [9.17, 15) is 23.8 Å². The second-order valence-corrected chi connectivity index (χ2v) is 11.3. The Hall–Kier alpha value is -2.04. The molecule has 12 heteroatoms. The monoisotopic (exact) mass is 605 g/mol. The molecule has 0 heterocycles. The predicted octanol–water partition coefficient (Wildman–Crippen LogP) is 5.99. The van der Waals surface area contributed by atoms with Crippen LogP contribution in [0, 0.1) is 0 Å². The summed E-state index contributed by atoms with van der Waals surface area (Å²) in [7, 11) is -4.68. The van der Waals surface area contributed by atoms with Crippen LogP contribution >= 0.6 is 7.82 Å². The molecule has 0 rings (SSSR count). The van der Waals surface area contributed by atoms with Gasteiger partial charge in [-0.3, -0.25) is 23.4 Å². The van der Waals surface area contributed by atoms with Gasteiger partial charge in [0.2, 0.25) is 0 Å². The highest BCUT2D eigenvalue weighted by Gasteiger charge is 2.28. The number of hydrogen-bond acceptors (Lipinski definition) is 9. The molecule has 238 valence electrons. The van der Waals surface area contributed by atoms with Crippen LogP contribution in [0.2, 0.25) is 0 Å². The zero-order chi connectivity index (χ0) is 30.8. The Bertz CT molecular complexity index is 817. The Morgan fingerprint density at radius 3 is 1.95 bits per heavy atom. The molecule has 0 aliphatic heterocycles. The van der Waals surface area contributed by atoms with Crippen molar-refractivity contribution < 1.29 is 47.5 Å². The van der Waals surface area contributed by atoms with E-state index in [1.807, 2.05) is 0 Å². The fraction of sp³-hybridized carbons (Fsp3) is 0.759. The van der Waals surface area contributed by atoms with E-state index in [0.717, 1.165) is 44.9 Å². The number of phosphoric ester groups is 1.